The number of methoxy groups -OCH3 is 2. The van der Waals surface area contributed by atoms with Crippen LogP contribution in [0.5, 0.6) is 5.75 Å². The van der Waals surface area contributed by atoms with E-state index < -0.39 is 16.2 Å². The van der Waals surface area contributed by atoms with Crippen LogP contribution in [-0.4, -0.2) is 44.4 Å². The van der Waals surface area contributed by atoms with Crippen LogP contribution in [0, 0.1) is 10.1 Å². The number of nitro benzene ring substituents is 1. The zero-order valence-corrected chi connectivity index (χ0v) is 18.0. The molecule has 2 aromatic heterocycles. The van der Waals surface area contributed by atoms with Crippen LogP contribution in [0.2, 0.25) is 0 Å². The number of non-ortho nitro benzene ring substituents is 1. The highest BCUT2D eigenvalue weighted by Gasteiger charge is 2.20. The summed E-state index contributed by atoms with van der Waals surface area (Å²) in [6.45, 7) is 0.377. The van der Waals surface area contributed by atoms with Crippen molar-refractivity contribution in [2.24, 2.45) is 0 Å². The molecule has 11 nitrogen and oxygen atoms in total. The predicted octanol–water partition coefficient (Wildman–Crippen LogP) is 1.96. The van der Waals surface area contributed by atoms with Crippen molar-refractivity contribution in [2.75, 3.05) is 20.8 Å². The third kappa shape index (κ3) is 4.13. The fourth-order valence-corrected chi connectivity index (χ4v) is 3.63. The van der Waals surface area contributed by atoms with E-state index in [4.69, 9.17) is 9.47 Å². The number of aromatic nitrogens is 4. The highest BCUT2D eigenvalue weighted by atomic mass is 16.6. The number of imidazole rings is 1. The molecule has 11 heteroatoms. The van der Waals surface area contributed by atoms with Gasteiger partial charge in [0.15, 0.2) is 11.2 Å². The molecule has 0 aliphatic carbocycles. The molecular weight excluding hydrogens is 430 g/mol. The van der Waals surface area contributed by atoms with E-state index in [0.717, 1.165) is 4.57 Å². The van der Waals surface area contributed by atoms with E-state index >= 15 is 0 Å². The maximum atomic E-state index is 13.3. The quantitative estimate of drug-likeness (QED) is 0.296. The molecule has 0 fully saturated rings. The van der Waals surface area contributed by atoms with E-state index in [2.05, 4.69) is 4.98 Å². The fourth-order valence-electron chi connectivity index (χ4n) is 3.63. The molecule has 170 valence electrons. The molecule has 4 rings (SSSR count). The first-order valence-electron chi connectivity index (χ1n) is 10.0. The Labute approximate surface area is 187 Å². The van der Waals surface area contributed by atoms with Crippen LogP contribution in [0.25, 0.3) is 16.9 Å². The summed E-state index contributed by atoms with van der Waals surface area (Å²) < 4.78 is 14.4. The van der Waals surface area contributed by atoms with Crippen LogP contribution in [0.1, 0.15) is 5.56 Å². The fraction of sp³-hybridized carbons (Fsp3) is 0.227. The molecule has 0 amide bonds. The summed E-state index contributed by atoms with van der Waals surface area (Å²) in [4.78, 5) is 41.6. The predicted molar refractivity (Wildman–Crippen MR) is 120 cm³/mol. The van der Waals surface area contributed by atoms with E-state index in [1.54, 1.807) is 41.0 Å². The lowest BCUT2D eigenvalue weighted by Crippen LogP contribution is -2.41. The summed E-state index contributed by atoms with van der Waals surface area (Å²) in [5, 5.41) is 11.1. The van der Waals surface area contributed by atoms with Gasteiger partial charge in [-0.25, -0.2) is 14.3 Å². The number of benzene rings is 2. The maximum Gasteiger partial charge on any atom is 0.337 e. The van der Waals surface area contributed by atoms with Crippen molar-refractivity contribution >= 4 is 16.9 Å². The molecular formula is C22H21N5O6. The monoisotopic (exact) mass is 451 g/mol. The van der Waals surface area contributed by atoms with Crippen molar-refractivity contribution in [3.8, 4) is 11.4 Å². The van der Waals surface area contributed by atoms with Crippen LogP contribution >= 0.6 is 0 Å². The Morgan fingerprint density at radius 3 is 2.61 bits per heavy atom. The molecule has 4 aromatic rings. The Bertz CT molecular complexity index is 1450. The average molecular weight is 451 g/mol. The van der Waals surface area contributed by atoms with Crippen LogP contribution < -0.4 is 16.0 Å². The molecule has 0 saturated heterocycles. The first-order chi connectivity index (χ1) is 15.9. The zero-order chi connectivity index (χ0) is 23.5. The van der Waals surface area contributed by atoms with E-state index in [9.17, 15) is 19.7 Å². The van der Waals surface area contributed by atoms with Gasteiger partial charge in [-0.05, 0) is 17.7 Å². The van der Waals surface area contributed by atoms with Gasteiger partial charge in [0.2, 0.25) is 0 Å². The van der Waals surface area contributed by atoms with Crippen LogP contribution in [0.15, 0.2) is 64.4 Å². The standard InChI is InChI=1S/C22H21N5O6/c1-32-10-9-25-21(28)19-20(26(22(25)29)16-6-4-8-18(12-16)33-2)23-14-24(19)13-15-5-3-7-17(11-15)27(30)31/h3-8,11-12,14H,9-10,13H2,1-2H3. The van der Waals surface area contributed by atoms with Gasteiger partial charge in [-0.2, -0.15) is 0 Å². The number of nitro groups is 1. The second-order valence-electron chi connectivity index (χ2n) is 7.24. The summed E-state index contributed by atoms with van der Waals surface area (Å²) in [5.74, 6) is 0.540. The lowest BCUT2D eigenvalue weighted by atomic mass is 10.2. The molecule has 0 bridgehead atoms. The summed E-state index contributed by atoms with van der Waals surface area (Å²) >= 11 is 0. The van der Waals surface area contributed by atoms with Crippen molar-refractivity contribution in [3.05, 3.63) is 91.4 Å². The van der Waals surface area contributed by atoms with Gasteiger partial charge in [0.25, 0.3) is 11.2 Å². The van der Waals surface area contributed by atoms with E-state index in [1.165, 1.54) is 37.2 Å². The molecule has 0 N–H and O–H groups in total. The normalized spacial score (nSPS) is 11.1. The second-order valence-corrected chi connectivity index (χ2v) is 7.24. The van der Waals surface area contributed by atoms with Crippen molar-refractivity contribution in [1.82, 2.24) is 18.7 Å². The van der Waals surface area contributed by atoms with Gasteiger partial charge in [0.05, 0.1) is 37.2 Å². The first kappa shape index (κ1) is 22.0. The Kier molecular flexibility index (Phi) is 6.05. The number of hydrogen-bond acceptors (Lipinski definition) is 7. The van der Waals surface area contributed by atoms with Gasteiger partial charge < -0.3 is 14.0 Å². The molecule has 2 aromatic carbocycles. The highest BCUT2D eigenvalue weighted by Crippen LogP contribution is 2.20. The van der Waals surface area contributed by atoms with Crippen molar-refractivity contribution in [1.29, 1.82) is 0 Å². The van der Waals surface area contributed by atoms with Gasteiger partial charge in [-0.3, -0.25) is 19.5 Å². The summed E-state index contributed by atoms with van der Waals surface area (Å²) in [6.07, 6.45) is 1.45. The minimum absolute atomic E-state index is 0.0517. The zero-order valence-electron chi connectivity index (χ0n) is 18.0. The number of ether oxygens (including phenoxy) is 2. The largest absolute Gasteiger partial charge is 0.497 e. The van der Waals surface area contributed by atoms with Gasteiger partial charge in [0.1, 0.15) is 5.75 Å². The highest BCUT2D eigenvalue weighted by molar-refractivity contribution is 5.72. The number of fused-ring (bicyclic) bond motifs is 1. The first-order valence-corrected chi connectivity index (χ1v) is 10.0. The maximum absolute atomic E-state index is 13.3. The molecule has 0 unspecified atom stereocenters. The molecule has 33 heavy (non-hydrogen) atoms. The number of hydrogen-bond donors (Lipinski definition) is 0. The third-order valence-electron chi connectivity index (χ3n) is 5.20. The average Bonchev–Trinajstić information content (AvgIpc) is 3.22. The van der Waals surface area contributed by atoms with Gasteiger partial charge in [-0.1, -0.05) is 18.2 Å². The molecule has 0 saturated carbocycles. The molecule has 0 radical (unpaired) electrons. The Morgan fingerprint density at radius 2 is 1.88 bits per heavy atom. The lowest BCUT2D eigenvalue weighted by Gasteiger charge is -2.13. The van der Waals surface area contributed by atoms with Crippen LogP contribution in [0.4, 0.5) is 5.69 Å². The molecule has 0 spiro atoms. The van der Waals surface area contributed by atoms with Crippen molar-refractivity contribution < 1.29 is 14.4 Å². The second kappa shape index (κ2) is 9.09. The Morgan fingerprint density at radius 1 is 1.09 bits per heavy atom. The Balaban J connectivity index is 1.94. The molecule has 0 atom stereocenters. The van der Waals surface area contributed by atoms with Gasteiger partial charge in [-0.15, -0.1) is 0 Å². The smallest absolute Gasteiger partial charge is 0.337 e. The van der Waals surface area contributed by atoms with Crippen molar-refractivity contribution in [2.45, 2.75) is 13.1 Å². The van der Waals surface area contributed by atoms with Gasteiger partial charge >= 0.3 is 5.69 Å². The molecule has 0 aliphatic heterocycles. The van der Waals surface area contributed by atoms with E-state index in [-0.39, 0.29) is 36.5 Å². The molecule has 0 aliphatic rings. The van der Waals surface area contributed by atoms with Crippen LogP contribution in [0.3, 0.4) is 0 Å². The summed E-state index contributed by atoms with van der Waals surface area (Å²) in [5.41, 5.74) is 0.342. The molecule has 2 heterocycles. The van der Waals surface area contributed by atoms with Crippen LogP contribution in [-0.2, 0) is 17.8 Å². The van der Waals surface area contributed by atoms with E-state index in [1.807, 2.05) is 0 Å². The summed E-state index contributed by atoms with van der Waals surface area (Å²) in [6, 6.07) is 13.0. The topological polar surface area (TPSA) is 123 Å². The van der Waals surface area contributed by atoms with Crippen molar-refractivity contribution in [3.63, 3.8) is 0 Å². The number of nitrogens with zero attached hydrogens (tertiary/aromatic N) is 5. The van der Waals surface area contributed by atoms with E-state index in [0.29, 0.717) is 17.0 Å². The summed E-state index contributed by atoms with van der Waals surface area (Å²) in [7, 11) is 3.00. The van der Waals surface area contributed by atoms with Gasteiger partial charge in [0, 0.05) is 31.9 Å². The minimum Gasteiger partial charge on any atom is -0.497 e. The Hall–Kier alpha value is -4.25. The SMILES string of the molecule is COCCn1c(=O)c2c(ncn2Cc2cccc([N+](=O)[O-])c2)n(-c2cccc(OC)c2)c1=O. The minimum atomic E-state index is -0.557. The lowest BCUT2D eigenvalue weighted by molar-refractivity contribution is -0.384. The third-order valence-corrected chi connectivity index (χ3v) is 5.20. The number of rotatable bonds is 8.